The summed E-state index contributed by atoms with van der Waals surface area (Å²) in [6.07, 6.45) is -4.33. The fourth-order valence-electron chi connectivity index (χ4n) is 4.76. The van der Waals surface area contributed by atoms with Gasteiger partial charge in [-0.1, -0.05) is 54.6 Å². The van der Waals surface area contributed by atoms with Gasteiger partial charge in [-0.15, -0.1) is 0 Å². The van der Waals surface area contributed by atoms with E-state index in [0.717, 1.165) is 34.4 Å². The Hall–Kier alpha value is -5.12. The summed E-state index contributed by atoms with van der Waals surface area (Å²) >= 11 is 0. The molecule has 0 spiro atoms. The van der Waals surface area contributed by atoms with Gasteiger partial charge in [0, 0.05) is 29.9 Å². The number of fused-ring (bicyclic) bond motifs is 1. The first-order valence-electron chi connectivity index (χ1n) is 12.6. The first kappa shape index (κ1) is 27.4. The summed E-state index contributed by atoms with van der Waals surface area (Å²) in [5.74, 6) is -1.41. The monoisotopic (exact) mass is 559 g/mol. The van der Waals surface area contributed by atoms with Crippen LogP contribution in [0.1, 0.15) is 27.0 Å². The molecule has 1 aliphatic rings. The summed E-state index contributed by atoms with van der Waals surface area (Å²) in [6, 6.07) is 23.9. The number of carbonyl (C=O) groups is 3. The van der Waals surface area contributed by atoms with Crippen LogP contribution in [0.25, 0.3) is 11.1 Å². The maximum Gasteiger partial charge on any atom is 0.416 e. The lowest BCUT2D eigenvalue weighted by molar-refractivity contribution is -0.142. The second kappa shape index (κ2) is 11.2. The highest BCUT2D eigenvalue weighted by atomic mass is 19.4. The Morgan fingerprint density at radius 2 is 1.51 bits per heavy atom. The normalized spacial score (nSPS) is 13.4. The smallest absolute Gasteiger partial charge is 0.416 e. The third-order valence-corrected chi connectivity index (χ3v) is 6.79. The zero-order valence-electron chi connectivity index (χ0n) is 21.5. The van der Waals surface area contributed by atoms with Crippen molar-refractivity contribution in [3.63, 3.8) is 0 Å². The third kappa shape index (κ3) is 6.22. The molecule has 0 aromatic heterocycles. The topological polar surface area (TPSA) is 98.7 Å². The number of urea groups is 1. The highest BCUT2D eigenvalue weighted by molar-refractivity contribution is 6.01. The molecule has 0 unspecified atom stereocenters. The van der Waals surface area contributed by atoms with E-state index in [1.54, 1.807) is 36.4 Å². The Bertz CT molecular complexity index is 1610. The number of anilines is 2. The molecule has 208 valence electrons. The molecular weight excluding hydrogens is 535 g/mol. The van der Waals surface area contributed by atoms with Crippen LogP contribution in [0.5, 0.6) is 0 Å². The summed E-state index contributed by atoms with van der Waals surface area (Å²) in [7, 11) is 0. The van der Waals surface area contributed by atoms with Crippen molar-refractivity contribution in [3.8, 4) is 11.1 Å². The van der Waals surface area contributed by atoms with Crippen LogP contribution in [0.2, 0.25) is 0 Å². The molecule has 1 heterocycles. The van der Waals surface area contributed by atoms with Gasteiger partial charge in [-0.25, -0.2) is 9.59 Å². The van der Waals surface area contributed by atoms with Crippen LogP contribution in [-0.2, 0) is 23.9 Å². The lowest BCUT2D eigenvalue weighted by atomic mass is 10.0. The number of carboxylic acid groups (broad SMARTS) is 1. The van der Waals surface area contributed by atoms with Crippen molar-refractivity contribution in [1.82, 2.24) is 4.90 Å². The molecule has 10 heteroatoms. The van der Waals surface area contributed by atoms with Crippen LogP contribution in [0, 0.1) is 0 Å². The number of nitrogens with zero attached hydrogens (tertiary/aromatic N) is 1. The van der Waals surface area contributed by atoms with Gasteiger partial charge in [0.25, 0.3) is 5.91 Å². The highest BCUT2D eigenvalue weighted by Gasteiger charge is 2.36. The summed E-state index contributed by atoms with van der Waals surface area (Å²) in [5, 5.41) is 14.8. The molecule has 1 atom stereocenters. The van der Waals surface area contributed by atoms with Gasteiger partial charge in [-0.3, -0.25) is 4.79 Å². The second-order valence-electron chi connectivity index (χ2n) is 9.58. The van der Waals surface area contributed by atoms with E-state index in [-0.39, 0.29) is 24.6 Å². The number of halogens is 3. The molecule has 4 aromatic rings. The molecule has 0 saturated carbocycles. The first-order valence-corrected chi connectivity index (χ1v) is 12.6. The van der Waals surface area contributed by atoms with Crippen LogP contribution in [0.15, 0.2) is 97.1 Å². The number of benzene rings is 4. The molecule has 0 saturated heterocycles. The van der Waals surface area contributed by atoms with Crippen molar-refractivity contribution in [3.05, 3.63) is 119 Å². The lowest BCUT2D eigenvalue weighted by Crippen LogP contribution is -2.42. The Kier molecular flexibility index (Phi) is 7.47. The zero-order valence-corrected chi connectivity index (χ0v) is 21.5. The average molecular weight is 560 g/mol. The van der Waals surface area contributed by atoms with E-state index in [4.69, 9.17) is 0 Å². The van der Waals surface area contributed by atoms with Crippen molar-refractivity contribution in [2.75, 3.05) is 10.6 Å². The number of rotatable bonds is 7. The third-order valence-electron chi connectivity index (χ3n) is 6.79. The Morgan fingerprint density at radius 3 is 2.20 bits per heavy atom. The molecule has 7 nitrogen and oxygen atoms in total. The number of amides is 3. The minimum Gasteiger partial charge on any atom is -0.480 e. The van der Waals surface area contributed by atoms with E-state index in [9.17, 15) is 32.7 Å². The largest absolute Gasteiger partial charge is 0.480 e. The van der Waals surface area contributed by atoms with E-state index in [0.29, 0.717) is 11.3 Å². The van der Waals surface area contributed by atoms with Gasteiger partial charge in [0.05, 0.1) is 5.56 Å². The summed E-state index contributed by atoms with van der Waals surface area (Å²) in [4.78, 5) is 38.9. The molecule has 3 amide bonds. The fourth-order valence-corrected chi connectivity index (χ4v) is 4.76. The molecule has 4 aromatic carbocycles. The van der Waals surface area contributed by atoms with Crippen LogP contribution >= 0.6 is 0 Å². The number of carboxylic acids is 1. The number of hydrogen-bond acceptors (Lipinski definition) is 3. The Labute approximate surface area is 233 Å². The fraction of sp³-hybridized carbons (Fsp3) is 0.129. The van der Waals surface area contributed by atoms with E-state index >= 15 is 0 Å². The maximum atomic E-state index is 13.1. The van der Waals surface area contributed by atoms with Gasteiger partial charge in [0.1, 0.15) is 6.04 Å². The van der Waals surface area contributed by atoms with Gasteiger partial charge < -0.3 is 20.6 Å². The number of aliphatic carboxylic acids is 1. The number of alkyl halides is 3. The molecule has 41 heavy (non-hydrogen) atoms. The van der Waals surface area contributed by atoms with E-state index < -0.39 is 29.8 Å². The zero-order chi connectivity index (χ0) is 29.1. The van der Waals surface area contributed by atoms with Gasteiger partial charge in [0.15, 0.2) is 0 Å². The lowest BCUT2D eigenvalue weighted by Gasteiger charge is -2.24. The number of hydrogen-bond donors (Lipinski definition) is 3. The van der Waals surface area contributed by atoms with Gasteiger partial charge in [-0.2, -0.15) is 13.2 Å². The number of nitrogens with one attached hydrogen (secondary N) is 2. The van der Waals surface area contributed by atoms with Crippen molar-refractivity contribution in [2.45, 2.75) is 25.2 Å². The van der Waals surface area contributed by atoms with Crippen molar-refractivity contribution in [2.24, 2.45) is 0 Å². The van der Waals surface area contributed by atoms with Crippen LogP contribution in [-0.4, -0.2) is 34.0 Å². The van der Waals surface area contributed by atoms with Crippen LogP contribution in [0.3, 0.4) is 0 Å². The Balaban J connectivity index is 1.26. The van der Waals surface area contributed by atoms with Crippen molar-refractivity contribution >= 4 is 29.3 Å². The molecule has 0 bridgehead atoms. The van der Waals surface area contributed by atoms with Gasteiger partial charge in [-0.05, 0) is 64.7 Å². The number of carbonyl (C=O) groups excluding carboxylic acids is 2. The predicted molar refractivity (Wildman–Crippen MR) is 147 cm³/mol. The molecule has 0 radical (unpaired) electrons. The summed E-state index contributed by atoms with van der Waals surface area (Å²) in [5.41, 5.74) is 3.15. The highest BCUT2D eigenvalue weighted by Crippen LogP contribution is 2.32. The molecule has 0 aliphatic carbocycles. The summed E-state index contributed by atoms with van der Waals surface area (Å²) < 4.78 is 38.8. The molecule has 5 rings (SSSR count). The van der Waals surface area contributed by atoms with Crippen LogP contribution in [0.4, 0.5) is 29.3 Å². The minimum absolute atomic E-state index is 0.00424. The standard InChI is InChI=1S/C31H24F3N3O4/c32-31(33,34)23-7-4-8-25(17-23)36-30(41)35-24-12-9-20(10-13-24)21-11-14-26-22(16-21)18-37(28(26)38)27(29(39)40)15-19-5-2-1-3-6-19/h1-14,16-17,27H,15,18H2,(H,39,40)(H2,35,36,41)/t27-/m0/s1. The van der Waals surface area contributed by atoms with Gasteiger partial charge in [0.2, 0.25) is 0 Å². The van der Waals surface area contributed by atoms with E-state index in [1.165, 1.54) is 17.0 Å². The molecular formula is C31H24F3N3O4. The first-order chi connectivity index (χ1) is 19.6. The van der Waals surface area contributed by atoms with Crippen molar-refractivity contribution in [1.29, 1.82) is 0 Å². The average Bonchev–Trinajstić information content (AvgIpc) is 3.27. The minimum atomic E-state index is -4.52. The van der Waals surface area contributed by atoms with E-state index in [1.807, 2.05) is 36.4 Å². The SMILES string of the molecule is O=C(Nc1ccc(-c2ccc3c(c2)CN([C@@H](Cc2ccccc2)C(=O)O)C3=O)cc1)Nc1cccc(C(F)(F)F)c1. The Morgan fingerprint density at radius 1 is 0.829 bits per heavy atom. The molecule has 1 aliphatic heterocycles. The summed E-state index contributed by atoms with van der Waals surface area (Å²) in [6.45, 7) is 0.168. The second-order valence-corrected chi connectivity index (χ2v) is 9.58. The maximum absolute atomic E-state index is 13.1. The van der Waals surface area contributed by atoms with E-state index in [2.05, 4.69) is 10.6 Å². The molecule has 3 N–H and O–H groups in total. The molecule has 0 fully saturated rings. The quantitative estimate of drug-likeness (QED) is 0.236. The van der Waals surface area contributed by atoms with Crippen LogP contribution < -0.4 is 10.6 Å². The van der Waals surface area contributed by atoms with Gasteiger partial charge >= 0.3 is 18.2 Å². The predicted octanol–water partition coefficient (Wildman–Crippen LogP) is 6.67. The van der Waals surface area contributed by atoms with Crippen molar-refractivity contribution < 1.29 is 32.7 Å².